The van der Waals surface area contributed by atoms with E-state index in [1.165, 1.54) is 0 Å². The van der Waals surface area contributed by atoms with Crippen molar-refractivity contribution >= 4 is 51.8 Å². The number of rotatable bonds is 8. The Kier molecular flexibility index (Phi) is 7.40. The molecule has 194 valence electrons. The van der Waals surface area contributed by atoms with E-state index < -0.39 is 17.5 Å². The Morgan fingerprint density at radius 2 is 1.76 bits per heavy atom. The molecule has 2 atom stereocenters. The van der Waals surface area contributed by atoms with E-state index in [2.05, 4.69) is 10.6 Å². The molecule has 0 aliphatic heterocycles. The molecule has 1 heterocycles. The van der Waals surface area contributed by atoms with Crippen LogP contribution in [-0.4, -0.2) is 29.1 Å². The summed E-state index contributed by atoms with van der Waals surface area (Å²) in [6, 6.07) is 23.5. The zero-order valence-corrected chi connectivity index (χ0v) is 22.1. The fourth-order valence-electron chi connectivity index (χ4n) is 4.47. The number of carbonyl (C=O) groups is 2. The Morgan fingerprint density at radius 3 is 2.50 bits per heavy atom. The number of esters is 1. The van der Waals surface area contributed by atoms with E-state index in [1.54, 1.807) is 25.1 Å². The molecule has 1 aliphatic carbocycles. The number of urea groups is 1. The van der Waals surface area contributed by atoms with Crippen LogP contribution >= 0.6 is 23.2 Å². The van der Waals surface area contributed by atoms with Crippen molar-refractivity contribution in [3.8, 4) is 5.75 Å². The maximum Gasteiger partial charge on any atom is 0.332 e. The van der Waals surface area contributed by atoms with Crippen molar-refractivity contribution in [2.24, 2.45) is 0 Å². The number of hydrogen-bond donors (Lipinski definition) is 2. The summed E-state index contributed by atoms with van der Waals surface area (Å²) in [6.45, 7) is 2.31. The number of anilines is 1. The third-order valence-electron chi connectivity index (χ3n) is 6.36. The first-order chi connectivity index (χ1) is 18.4. The number of nitrogens with one attached hydrogen (secondary N) is 2. The lowest BCUT2D eigenvalue weighted by molar-refractivity contribution is -0.146. The van der Waals surface area contributed by atoms with Crippen LogP contribution in [0.5, 0.6) is 5.75 Å². The topological polar surface area (TPSA) is 89.5 Å². The monoisotopic (exact) mass is 549 g/mol. The molecule has 1 saturated carbocycles. The van der Waals surface area contributed by atoms with Gasteiger partial charge in [-0.2, -0.15) is 0 Å². The van der Waals surface area contributed by atoms with E-state index in [1.807, 2.05) is 60.7 Å². The van der Waals surface area contributed by atoms with Gasteiger partial charge in [-0.15, -0.1) is 0 Å². The molecule has 0 radical (unpaired) electrons. The Balaban J connectivity index is 1.39. The number of nitrogens with zero attached hydrogens (tertiary/aromatic N) is 1. The first kappa shape index (κ1) is 25.8. The van der Waals surface area contributed by atoms with Crippen LogP contribution in [-0.2, 0) is 16.1 Å². The van der Waals surface area contributed by atoms with Crippen LogP contribution in [0.3, 0.4) is 0 Å². The molecule has 9 heteroatoms. The van der Waals surface area contributed by atoms with Crippen LogP contribution < -0.4 is 15.4 Å². The van der Waals surface area contributed by atoms with Crippen LogP contribution in [0.2, 0.25) is 10.0 Å². The molecule has 1 aromatic heterocycles. The predicted octanol–water partition coefficient (Wildman–Crippen LogP) is 6.73. The number of halogens is 2. The van der Waals surface area contributed by atoms with Gasteiger partial charge in [-0.05, 0) is 49.2 Å². The van der Waals surface area contributed by atoms with E-state index in [0.717, 1.165) is 10.9 Å². The van der Waals surface area contributed by atoms with Gasteiger partial charge in [-0.1, -0.05) is 71.7 Å². The smallest absolute Gasteiger partial charge is 0.332 e. The summed E-state index contributed by atoms with van der Waals surface area (Å²) in [4.78, 5) is 30.8. The lowest BCUT2D eigenvalue weighted by atomic mass is 10.1. The first-order valence-corrected chi connectivity index (χ1v) is 12.9. The van der Waals surface area contributed by atoms with Crippen molar-refractivity contribution in [3.05, 3.63) is 100 Å². The minimum atomic E-state index is -1.25. The number of pyridine rings is 1. The molecule has 5 rings (SSSR count). The predicted molar refractivity (Wildman–Crippen MR) is 148 cm³/mol. The van der Waals surface area contributed by atoms with Gasteiger partial charge in [0, 0.05) is 32.7 Å². The summed E-state index contributed by atoms with van der Waals surface area (Å²) in [5, 5.41) is 7.17. The fourth-order valence-corrected chi connectivity index (χ4v) is 4.99. The first-order valence-electron chi connectivity index (χ1n) is 12.2. The molecule has 2 N–H and O–H groups in total. The molecule has 38 heavy (non-hydrogen) atoms. The third-order valence-corrected chi connectivity index (χ3v) is 6.79. The van der Waals surface area contributed by atoms with E-state index in [4.69, 9.17) is 37.7 Å². The zero-order chi connectivity index (χ0) is 26.7. The van der Waals surface area contributed by atoms with Crippen molar-refractivity contribution < 1.29 is 19.1 Å². The lowest BCUT2D eigenvalue weighted by Gasteiger charge is -2.19. The Morgan fingerprint density at radius 1 is 1.00 bits per heavy atom. The quantitative estimate of drug-likeness (QED) is 0.238. The molecule has 0 spiro atoms. The van der Waals surface area contributed by atoms with E-state index in [0.29, 0.717) is 45.7 Å². The molecular formula is C29H25Cl2N3O4. The van der Waals surface area contributed by atoms with Gasteiger partial charge in [-0.25, -0.2) is 14.6 Å². The Labute approximate surface area is 230 Å². The summed E-state index contributed by atoms with van der Waals surface area (Å²) < 4.78 is 11.4. The van der Waals surface area contributed by atoms with Gasteiger partial charge in [0.2, 0.25) is 0 Å². The number of carbonyl (C=O) groups excluding carboxylic acids is 2. The standard InChI is InChI=1S/C29H25Cl2N3O4/c1-2-37-27(35)29(34-28(36)32-22-14-20(30)13-21(31)15-22)16-23(29)24-12-11-19-9-6-10-25(26(19)33-24)38-17-18-7-4-3-5-8-18/h3-15,23H,2,16-17H2,1H3,(H2,32,34,36). The maximum atomic E-state index is 13.0. The Bertz CT molecular complexity index is 1480. The highest BCUT2D eigenvalue weighted by atomic mass is 35.5. The summed E-state index contributed by atoms with van der Waals surface area (Å²) >= 11 is 12.1. The second kappa shape index (κ2) is 10.9. The van der Waals surface area contributed by atoms with Crippen LogP contribution in [0.4, 0.5) is 10.5 Å². The van der Waals surface area contributed by atoms with E-state index >= 15 is 0 Å². The van der Waals surface area contributed by atoms with Crippen LogP contribution in [0, 0.1) is 0 Å². The molecule has 2 unspecified atom stereocenters. The largest absolute Gasteiger partial charge is 0.487 e. The summed E-state index contributed by atoms with van der Waals surface area (Å²) in [7, 11) is 0. The van der Waals surface area contributed by atoms with E-state index in [-0.39, 0.29) is 12.5 Å². The summed E-state index contributed by atoms with van der Waals surface area (Å²) in [5.74, 6) is -0.249. The average Bonchev–Trinajstić information content (AvgIpc) is 3.62. The highest BCUT2D eigenvalue weighted by Gasteiger charge is 2.64. The highest BCUT2D eigenvalue weighted by Crippen LogP contribution is 2.52. The van der Waals surface area contributed by atoms with Gasteiger partial charge < -0.3 is 20.1 Å². The molecule has 7 nitrogen and oxygen atoms in total. The number of fused-ring (bicyclic) bond motifs is 1. The average molecular weight is 550 g/mol. The van der Waals surface area contributed by atoms with Crippen molar-refractivity contribution in [1.82, 2.24) is 10.3 Å². The molecule has 0 saturated heterocycles. The molecule has 3 aromatic carbocycles. The minimum absolute atomic E-state index is 0.184. The number of ether oxygens (including phenoxy) is 2. The summed E-state index contributed by atoms with van der Waals surface area (Å²) in [5.41, 5.74) is 1.54. The van der Waals surface area contributed by atoms with Gasteiger partial charge >= 0.3 is 12.0 Å². The molecule has 2 amide bonds. The Hall–Kier alpha value is -3.81. The fraction of sp³-hybridized carbons (Fsp3) is 0.207. The third kappa shape index (κ3) is 5.54. The molecule has 4 aromatic rings. The van der Waals surface area contributed by atoms with Crippen LogP contribution in [0.1, 0.15) is 30.5 Å². The van der Waals surface area contributed by atoms with E-state index in [9.17, 15) is 9.59 Å². The van der Waals surface area contributed by atoms with Crippen molar-refractivity contribution in [1.29, 1.82) is 0 Å². The molecule has 0 bridgehead atoms. The number of para-hydroxylation sites is 1. The second-order valence-electron chi connectivity index (χ2n) is 9.02. The van der Waals surface area contributed by atoms with Crippen molar-refractivity contribution in [2.75, 3.05) is 11.9 Å². The van der Waals surface area contributed by atoms with Gasteiger partial charge in [0.05, 0.1) is 6.61 Å². The zero-order valence-electron chi connectivity index (χ0n) is 20.5. The summed E-state index contributed by atoms with van der Waals surface area (Å²) in [6.07, 6.45) is 0.348. The lowest BCUT2D eigenvalue weighted by Crippen LogP contribution is -2.47. The number of amides is 2. The van der Waals surface area contributed by atoms with Gasteiger partial charge in [0.25, 0.3) is 0 Å². The number of aromatic nitrogens is 1. The number of benzene rings is 3. The highest BCUT2D eigenvalue weighted by molar-refractivity contribution is 6.35. The van der Waals surface area contributed by atoms with Gasteiger partial charge in [0.15, 0.2) is 0 Å². The SMILES string of the molecule is CCOC(=O)C1(NC(=O)Nc2cc(Cl)cc(Cl)c2)CC1c1ccc2cccc(OCc3ccccc3)c2n1. The van der Waals surface area contributed by atoms with Crippen LogP contribution in [0.15, 0.2) is 78.9 Å². The molecular weight excluding hydrogens is 525 g/mol. The van der Waals surface area contributed by atoms with Gasteiger partial charge in [0.1, 0.15) is 23.4 Å². The second-order valence-corrected chi connectivity index (χ2v) is 9.90. The van der Waals surface area contributed by atoms with Crippen molar-refractivity contribution in [2.45, 2.75) is 31.4 Å². The molecule has 1 fully saturated rings. The van der Waals surface area contributed by atoms with Crippen LogP contribution in [0.25, 0.3) is 10.9 Å². The normalized spacial score (nSPS) is 18.0. The van der Waals surface area contributed by atoms with Gasteiger partial charge in [-0.3, -0.25) is 0 Å². The minimum Gasteiger partial charge on any atom is -0.487 e. The maximum absolute atomic E-state index is 13.0. The molecule has 1 aliphatic rings. The number of hydrogen-bond acceptors (Lipinski definition) is 5. The van der Waals surface area contributed by atoms with Crippen molar-refractivity contribution in [3.63, 3.8) is 0 Å².